The molecule has 0 amide bonds. The van der Waals surface area contributed by atoms with Crippen LogP contribution in [-0.2, 0) is 6.54 Å². The number of hydrogen-bond donors (Lipinski definition) is 0. The van der Waals surface area contributed by atoms with Crippen molar-refractivity contribution in [2.45, 2.75) is 25.7 Å². The lowest BCUT2D eigenvalue weighted by atomic mass is 10.1. The van der Waals surface area contributed by atoms with Crippen molar-refractivity contribution in [1.29, 1.82) is 0 Å². The summed E-state index contributed by atoms with van der Waals surface area (Å²) in [5.74, 6) is -0.459. The molecule has 2 nitrogen and oxygen atoms in total. The third-order valence-corrected chi connectivity index (χ3v) is 3.74. The van der Waals surface area contributed by atoms with Gasteiger partial charge < -0.3 is 9.64 Å². The molecule has 3 rings (SSSR count). The van der Waals surface area contributed by atoms with Gasteiger partial charge in [-0.1, -0.05) is 29.8 Å². The maximum atomic E-state index is 13.5. The number of hydrogen-bond acceptors (Lipinski definition) is 2. The molecule has 1 aliphatic rings. The minimum atomic E-state index is -4.48. The summed E-state index contributed by atoms with van der Waals surface area (Å²) in [6.45, 7) is 1.80. The van der Waals surface area contributed by atoms with Crippen LogP contribution < -0.4 is 9.64 Å². The summed E-state index contributed by atoms with van der Waals surface area (Å²) in [5.41, 5.74) is 2.22. The average Bonchev–Trinajstić information content (AvgIpc) is 2.46. The van der Waals surface area contributed by atoms with E-state index >= 15 is 0 Å². The summed E-state index contributed by atoms with van der Waals surface area (Å²) in [6, 6.07) is 11.0. The van der Waals surface area contributed by atoms with Crippen molar-refractivity contribution < 1.29 is 22.3 Å². The number of anilines is 1. The number of nitrogens with zero attached hydrogens (tertiary/aromatic N) is 1. The van der Waals surface area contributed by atoms with Crippen molar-refractivity contribution >= 4 is 5.69 Å². The van der Waals surface area contributed by atoms with E-state index in [4.69, 9.17) is 4.74 Å². The SMILES string of the molecule is Cc1cccc(CN2CC(C(F)(F)F)Oc3ccc(F)cc32)c1. The Labute approximate surface area is 131 Å². The molecule has 0 aromatic heterocycles. The lowest BCUT2D eigenvalue weighted by Gasteiger charge is -2.37. The van der Waals surface area contributed by atoms with Gasteiger partial charge in [-0.2, -0.15) is 13.2 Å². The molecule has 0 radical (unpaired) electrons. The highest BCUT2D eigenvalue weighted by atomic mass is 19.4. The Morgan fingerprint density at radius 1 is 1.17 bits per heavy atom. The zero-order valence-corrected chi connectivity index (χ0v) is 12.4. The molecule has 0 aliphatic carbocycles. The van der Waals surface area contributed by atoms with Crippen molar-refractivity contribution in [3.05, 3.63) is 59.4 Å². The fourth-order valence-corrected chi connectivity index (χ4v) is 2.68. The van der Waals surface area contributed by atoms with E-state index in [1.54, 1.807) is 0 Å². The van der Waals surface area contributed by atoms with Crippen LogP contribution >= 0.6 is 0 Å². The van der Waals surface area contributed by atoms with E-state index in [1.165, 1.54) is 17.0 Å². The van der Waals surface area contributed by atoms with Gasteiger partial charge in [0.2, 0.25) is 6.10 Å². The Morgan fingerprint density at radius 2 is 1.96 bits per heavy atom. The molecule has 0 spiro atoms. The van der Waals surface area contributed by atoms with Gasteiger partial charge in [-0.25, -0.2) is 4.39 Å². The van der Waals surface area contributed by atoms with Crippen molar-refractivity contribution in [2.75, 3.05) is 11.4 Å². The molecule has 0 bridgehead atoms. The second-order valence-corrected chi connectivity index (χ2v) is 5.63. The summed E-state index contributed by atoms with van der Waals surface area (Å²) in [7, 11) is 0. The summed E-state index contributed by atoms with van der Waals surface area (Å²) in [6.07, 6.45) is -6.40. The molecule has 1 heterocycles. The average molecular weight is 325 g/mol. The van der Waals surface area contributed by atoms with Gasteiger partial charge in [0.1, 0.15) is 11.6 Å². The number of halogens is 4. The predicted molar refractivity (Wildman–Crippen MR) is 79.1 cm³/mol. The Kier molecular flexibility index (Phi) is 3.92. The van der Waals surface area contributed by atoms with Crippen LogP contribution in [0, 0.1) is 12.7 Å². The largest absolute Gasteiger partial charge is 0.477 e. The highest BCUT2D eigenvalue weighted by Crippen LogP contribution is 2.38. The van der Waals surface area contributed by atoms with Gasteiger partial charge in [-0.3, -0.25) is 0 Å². The van der Waals surface area contributed by atoms with E-state index in [0.29, 0.717) is 5.69 Å². The van der Waals surface area contributed by atoms with E-state index in [0.717, 1.165) is 17.2 Å². The molecule has 1 atom stereocenters. The van der Waals surface area contributed by atoms with Crippen LogP contribution in [0.2, 0.25) is 0 Å². The Balaban J connectivity index is 1.95. The summed E-state index contributed by atoms with van der Waals surface area (Å²) >= 11 is 0. The van der Waals surface area contributed by atoms with Gasteiger partial charge in [0.15, 0.2) is 0 Å². The first kappa shape index (κ1) is 15.6. The van der Waals surface area contributed by atoms with Gasteiger partial charge in [0.25, 0.3) is 0 Å². The summed E-state index contributed by atoms with van der Waals surface area (Å²) in [5, 5.41) is 0. The van der Waals surface area contributed by atoms with Gasteiger partial charge in [-0.05, 0) is 24.6 Å². The van der Waals surface area contributed by atoms with Crippen LogP contribution in [0.25, 0.3) is 0 Å². The lowest BCUT2D eigenvalue weighted by molar-refractivity contribution is -0.193. The van der Waals surface area contributed by atoms with Crippen molar-refractivity contribution in [1.82, 2.24) is 0 Å². The third-order valence-electron chi connectivity index (χ3n) is 3.74. The molecule has 2 aromatic carbocycles. The summed E-state index contributed by atoms with van der Waals surface area (Å²) in [4.78, 5) is 1.51. The van der Waals surface area contributed by atoms with Crippen LogP contribution in [0.15, 0.2) is 42.5 Å². The van der Waals surface area contributed by atoms with Crippen molar-refractivity contribution in [3.8, 4) is 5.75 Å². The quantitative estimate of drug-likeness (QED) is 0.756. The first-order valence-electron chi connectivity index (χ1n) is 7.16. The second kappa shape index (κ2) is 5.76. The number of aryl methyl sites for hydroxylation is 1. The monoisotopic (exact) mass is 325 g/mol. The Hall–Kier alpha value is -2.24. The Morgan fingerprint density at radius 3 is 2.65 bits per heavy atom. The molecule has 0 saturated heterocycles. The predicted octanol–water partition coefficient (Wildman–Crippen LogP) is 4.46. The zero-order chi connectivity index (χ0) is 16.6. The van der Waals surface area contributed by atoms with E-state index in [1.807, 2.05) is 31.2 Å². The molecule has 0 N–H and O–H groups in total. The van der Waals surface area contributed by atoms with Gasteiger partial charge in [0.05, 0.1) is 12.2 Å². The fourth-order valence-electron chi connectivity index (χ4n) is 2.68. The number of alkyl halides is 3. The van der Waals surface area contributed by atoms with Gasteiger partial charge in [0, 0.05) is 12.6 Å². The van der Waals surface area contributed by atoms with E-state index in [2.05, 4.69) is 0 Å². The molecule has 6 heteroatoms. The molecule has 122 valence electrons. The Bertz CT molecular complexity index is 714. The van der Waals surface area contributed by atoms with Crippen molar-refractivity contribution in [3.63, 3.8) is 0 Å². The zero-order valence-electron chi connectivity index (χ0n) is 12.4. The highest BCUT2D eigenvalue weighted by molar-refractivity contribution is 5.60. The molecule has 2 aromatic rings. The van der Waals surface area contributed by atoms with E-state index in [-0.39, 0.29) is 18.8 Å². The molecule has 0 fully saturated rings. The smallest absolute Gasteiger partial charge is 0.427 e. The molecule has 23 heavy (non-hydrogen) atoms. The van der Waals surface area contributed by atoms with Gasteiger partial charge in [-0.15, -0.1) is 0 Å². The van der Waals surface area contributed by atoms with Crippen LogP contribution in [0.4, 0.5) is 23.2 Å². The first-order chi connectivity index (χ1) is 10.8. The lowest BCUT2D eigenvalue weighted by Crippen LogP contribution is -2.47. The van der Waals surface area contributed by atoms with E-state index in [9.17, 15) is 17.6 Å². The standard InChI is InChI=1S/C17H15F4NO/c1-11-3-2-4-12(7-11)9-22-10-16(17(19,20)21)23-15-6-5-13(18)8-14(15)22/h2-8,16H,9-10H2,1H3. The third kappa shape index (κ3) is 3.41. The number of ether oxygens (including phenoxy) is 1. The number of rotatable bonds is 2. The fraction of sp³-hybridized carbons (Fsp3) is 0.294. The number of benzene rings is 2. The van der Waals surface area contributed by atoms with Crippen LogP contribution in [0.1, 0.15) is 11.1 Å². The minimum Gasteiger partial charge on any atom is -0.477 e. The number of fused-ring (bicyclic) bond motifs is 1. The van der Waals surface area contributed by atoms with Crippen LogP contribution in [0.3, 0.4) is 0 Å². The summed E-state index contributed by atoms with van der Waals surface area (Å²) < 4.78 is 57.7. The minimum absolute atomic E-state index is 0.0487. The second-order valence-electron chi connectivity index (χ2n) is 5.63. The molecular weight excluding hydrogens is 310 g/mol. The molecule has 1 unspecified atom stereocenters. The highest BCUT2D eigenvalue weighted by Gasteiger charge is 2.45. The topological polar surface area (TPSA) is 12.5 Å². The van der Waals surface area contributed by atoms with Crippen LogP contribution in [0.5, 0.6) is 5.75 Å². The molecule has 1 aliphatic heterocycles. The normalized spacial score (nSPS) is 17.6. The first-order valence-corrected chi connectivity index (χ1v) is 7.16. The van der Waals surface area contributed by atoms with Gasteiger partial charge >= 0.3 is 6.18 Å². The molecular formula is C17H15F4NO. The van der Waals surface area contributed by atoms with Crippen LogP contribution in [-0.4, -0.2) is 18.8 Å². The van der Waals surface area contributed by atoms with E-state index < -0.39 is 18.1 Å². The maximum absolute atomic E-state index is 13.5. The van der Waals surface area contributed by atoms with Crippen molar-refractivity contribution in [2.24, 2.45) is 0 Å². The maximum Gasteiger partial charge on any atom is 0.427 e. The molecule has 0 saturated carbocycles.